The normalized spacial score (nSPS) is 12.5. The summed E-state index contributed by atoms with van der Waals surface area (Å²) < 4.78 is 12.0. The van der Waals surface area contributed by atoms with E-state index in [1.54, 1.807) is 0 Å². The van der Waals surface area contributed by atoms with Gasteiger partial charge in [0.15, 0.2) is 0 Å². The molecule has 0 fully saturated rings. The summed E-state index contributed by atoms with van der Waals surface area (Å²) in [7, 11) is 0. The van der Waals surface area contributed by atoms with E-state index in [2.05, 4.69) is 129 Å². The number of hydrogen-bond acceptors (Lipinski definition) is 3. The zero-order valence-electron chi connectivity index (χ0n) is 27.6. The predicted octanol–water partition coefficient (Wildman–Crippen LogP) is 10.7. The summed E-state index contributed by atoms with van der Waals surface area (Å²) in [5, 5.41) is 10.1. The van der Waals surface area contributed by atoms with Crippen LogP contribution in [0.25, 0.3) is 0 Å². The number of nitrogens with zero attached hydrogens (tertiary/aromatic N) is 1. The van der Waals surface area contributed by atoms with Gasteiger partial charge in [0.2, 0.25) is 0 Å². The Morgan fingerprint density at radius 3 is 1.56 bits per heavy atom. The van der Waals surface area contributed by atoms with E-state index in [-0.39, 0.29) is 21.7 Å². The second kappa shape index (κ2) is 11.9. The van der Waals surface area contributed by atoms with Crippen molar-refractivity contribution >= 4 is 0 Å². The maximum Gasteiger partial charge on any atom is 0.145 e. The first-order valence-corrected chi connectivity index (χ1v) is 15.3. The van der Waals surface area contributed by atoms with Gasteiger partial charge in [-0.2, -0.15) is 5.26 Å². The molecule has 43 heavy (non-hydrogen) atoms. The van der Waals surface area contributed by atoms with Crippen LogP contribution in [0.3, 0.4) is 0 Å². The van der Waals surface area contributed by atoms with Gasteiger partial charge in [0.1, 0.15) is 23.3 Å². The molecule has 0 aliphatic rings. The molecule has 0 amide bonds. The first kappa shape index (κ1) is 31.9. The van der Waals surface area contributed by atoms with Crippen LogP contribution in [0.5, 0.6) is 17.2 Å². The first-order valence-electron chi connectivity index (χ1n) is 15.3. The van der Waals surface area contributed by atoms with Crippen molar-refractivity contribution < 1.29 is 9.47 Å². The van der Waals surface area contributed by atoms with E-state index in [9.17, 15) is 5.26 Å². The number of ether oxygens (including phenoxy) is 2. The number of hydrogen-bond donors (Lipinski definition) is 0. The van der Waals surface area contributed by atoms with Gasteiger partial charge in [-0.1, -0.05) is 123 Å². The highest BCUT2D eigenvalue weighted by Gasteiger charge is 2.37. The molecule has 0 N–H and O–H groups in total. The Morgan fingerprint density at radius 2 is 1.09 bits per heavy atom. The molecule has 0 aromatic heterocycles. The van der Waals surface area contributed by atoms with Gasteiger partial charge < -0.3 is 9.47 Å². The average molecular weight is 574 g/mol. The lowest BCUT2D eigenvalue weighted by molar-refractivity contribution is 0.224. The van der Waals surface area contributed by atoms with Crippen molar-refractivity contribution in [3.8, 4) is 23.3 Å². The molecular weight excluding hydrogens is 526 g/mol. The fourth-order valence-corrected chi connectivity index (χ4v) is 5.49. The van der Waals surface area contributed by atoms with Crippen LogP contribution in [-0.2, 0) is 16.2 Å². The van der Waals surface area contributed by atoms with Crippen LogP contribution in [0.4, 0.5) is 0 Å². The Hall–Kier alpha value is -4.03. The van der Waals surface area contributed by atoms with Crippen molar-refractivity contribution in [2.24, 2.45) is 5.41 Å². The highest BCUT2D eigenvalue weighted by molar-refractivity contribution is 5.54. The quantitative estimate of drug-likeness (QED) is 0.200. The van der Waals surface area contributed by atoms with Crippen molar-refractivity contribution in [1.82, 2.24) is 0 Å². The third-order valence-corrected chi connectivity index (χ3v) is 9.68. The van der Waals surface area contributed by atoms with Gasteiger partial charge in [0, 0.05) is 10.8 Å². The summed E-state index contributed by atoms with van der Waals surface area (Å²) in [5.41, 5.74) is 5.95. The van der Waals surface area contributed by atoms with Crippen molar-refractivity contribution in [3.05, 3.63) is 124 Å². The van der Waals surface area contributed by atoms with E-state index >= 15 is 0 Å². The summed E-state index contributed by atoms with van der Waals surface area (Å²) in [6.07, 6.45) is 0. The highest BCUT2D eigenvalue weighted by Crippen LogP contribution is 2.44. The summed E-state index contributed by atoms with van der Waals surface area (Å²) >= 11 is 0. The maximum absolute atomic E-state index is 10.1. The molecule has 0 saturated carbocycles. The van der Waals surface area contributed by atoms with Crippen LogP contribution in [0.1, 0.15) is 103 Å². The summed E-state index contributed by atoms with van der Waals surface area (Å²) in [4.78, 5) is 0. The van der Waals surface area contributed by atoms with Crippen molar-refractivity contribution in [2.75, 3.05) is 6.61 Å². The van der Waals surface area contributed by atoms with Crippen molar-refractivity contribution in [2.45, 2.75) is 85.5 Å². The van der Waals surface area contributed by atoms with Gasteiger partial charge in [0.25, 0.3) is 0 Å². The zero-order valence-corrected chi connectivity index (χ0v) is 27.6. The minimum Gasteiger partial charge on any atom is -0.494 e. The molecule has 0 atom stereocenters. The fourth-order valence-electron chi connectivity index (χ4n) is 5.49. The highest BCUT2D eigenvalue weighted by atomic mass is 16.5. The summed E-state index contributed by atoms with van der Waals surface area (Å²) in [6.45, 7) is 22.7. The van der Waals surface area contributed by atoms with Crippen molar-refractivity contribution in [1.29, 1.82) is 5.26 Å². The molecule has 0 saturated heterocycles. The van der Waals surface area contributed by atoms with Gasteiger partial charge in [0.05, 0.1) is 12.2 Å². The first-order chi connectivity index (χ1) is 20.1. The summed E-state index contributed by atoms with van der Waals surface area (Å²) in [5.74, 6) is 2.20. The molecule has 0 unspecified atom stereocenters. The molecule has 4 aromatic rings. The molecule has 0 heterocycles. The van der Waals surface area contributed by atoms with E-state index < -0.39 is 0 Å². The van der Waals surface area contributed by atoms with Crippen LogP contribution in [0.15, 0.2) is 91.0 Å². The molecule has 0 spiro atoms. The number of nitriles is 1. The largest absolute Gasteiger partial charge is 0.494 e. The van der Waals surface area contributed by atoms with Crippen molar-refractivity contribution in [3.63, 3.8) is 0 Å². The number of rotatable bonds is 9. The Labute approximate surface area is 259 Å². The predicted molar refractivity (Wildman–Crippen MR) is 178 cm³/mol. The molecule has 4 rings (SSSR count). The summed E-state index contributed by atoms with van der Waals surface area (Å²) in [6, 6.07) is 34.0. The van der Waals surface area contributed by atoms with Gasteiger partial charge in [-0.15, -0.1) is 0 Å². The molecule has 224 valence electrons. The van der Waals surface area contributed by atoms with E-state index in [1.165, 1.54) is 22.3 Å². The SMILES string of the molecule is CCOc1ccc(C(C)(C)c2cccc(C(C)(C)c3ccc(Oc4cccc(C(C)(C)C(C)(C)C)c4C#N)cc3)c2)cc1. The molecule has 4 aromatic carbocycles. The maximum atomic E-state index is 10.1. The van der Waals surface area contributed by atoms with Crippen LogP contribution in [0, 0.1) is 16.7 Å². The van der Waals surface area contributed by atoms with E-state index in [1.807, 2.05) is 37.3 Å². The molecule has 0 bridgehead atoms. The van der Waals surface area contributed by atoms with Crippen LogP contribution < -0.4 is 9.47 Å². The van der Waals surface area contributed by atoms with Gasteiger partial charge in [-0.3, -0.25) is 0 Å². The lowest BCUT2D eigenvalue weighted by atomic mass is 9.64. The van der Waals surface area contributed by atoms with Gasteiger partial charge in [-0.05, 0) is 75.9 Å². The lowest BCUT2D eigenvalue weighted by Gasteiger charge is -2.40. The Kier molecular flexibility index (Phi) is 8.85. The van der Waals surface area contributed by atoms with Crippen LogP contribution in [0.2, 0.25) is 0 Å². The topological polar surface area (TPSA) is 42.2 Å². The standard InChI is InChI=1S/C40H47NO2/c1-11-42-32-22-18-28(19-23-32)38(5,6)30-14-12-15-31(26-30)39(7,8)29-20-24-33(25-21-29)43-36-17-13-16-35(34(36)27-41)40(9,10)37(2,3)4/h12-26H,11H2,1-10H3. The third kappa shape index (κ3) is 6.35. The molecule has 3 heteroatoms. The lowest BCUT2D eigenvalue weighted by Crippen LogP contribution is -2.34. The fraction of sp³-hybridized carbons (Fsp3) is 0.375. The molecule has 3 nitrogen and oxygen atoms in total. The minimum absolute atomic E-state index is 0.0226. The Bertz CT molecular complexity index is 1590. The smallest absolute Gasteiger partial charge is 0.145 e. The van der Waals surface area contributed by atoms with Gasteiger partial charge >= 0.3 is 0 Å². The van der Waals surface area contributed by atoms with Crippen LogP contribution >= 0.6 is 0 Å². The van der Waals surface area contributed by atoms with E-state index in [0.29, 0.717) is 23.7 Å². The Morgan fingerprint density at radius 1 is 0.605 bits per heavy atom. The third-order valence-electron chi connectivity index (χ3n) is 9.68. The van der Waals surface area contributed by atoms with E-state index in [0.717, 1.165) is 11.3 Å². The monoisotopic (exact) mass is 573 g/mol. The average Bonchev–Trinajstić information content (AvgIpc) is 2.97. The molecule has 0 aliphatic heterocycles. The number of benzene rings is 4. The second-order valence-corrected chi connectivity index (χ2v) is 14.1. The van der Waals surface area contributed by atoms with Crippen LogP contribution in [-0.4, -0.2) is 6.61 Å². The molecular formula is C40H47NO2. The van der Waals surface area contributed by atoms with Gasteiger partial charge in [-0.25, -0.2) is 0 Å². The molecule has 0 aliphatic carbocycles. The minimum atomic E-state index is -0.224. The molecule has 0 radical (unpaired) electrons. The second-order valence-electron chi connectivity index (χ2n) is 14.1. The van der Waals surface area contributed by atoms with E-state index in [4.69, 9.17) is 9.47 Å². The zero-order chi connectivity index (χ0) is 31.6. The Balaban J connectivity index is 1.60.